The van der Waals surface area contributed by atoms with Crippen LogP contribution in [-0.4, -0.2) is 48.5 Å². The van der Waals surface area contributed by atoms with Gasteiger partial charge in [-0.1, -0.05) is 42.5 Å². The third kappa shape index (κ3) is 6.06. The summed E-state index contributed by atoms with van der Waals surface area (Å²) in [5.41, 5.74) is 3.66. The van der Waals surface area contributed by atoms with Crippen LogP contribution in [0, 0.1) is 13.8 Å². The first-order chi connectivity index (χ1) is 13.1. The summed E-state index contributed by atoms with van der Waals surface area (Å²) in [5.74, 6) is 0.834. The molecular formula is C23H31NO3. The van der Waals surface area contributed by atoms with Crippen LogP contribution in [0.1, 0.15) is 29.5 Å². The summed E-state index contributed by atoms with van der Waals surface area (Å²) < 4.78 is 11.7. The molecular weight excluding hydrogens is 338 g/mol. The molecule has 1 aliphatic heterocycles. The summed E-state index contributed by atoms with van der Waals surface area (Å²) in [5, 5.41) is 10.6. The van der Waals surface area contributed by atoms with E-state index in [-0.39, 0.29) is 6.10 Å². The minimum Gasteiger partial charge on any atom is -0.491 e. The summed E-state index contributed by atoms with van der Waals surface area (Å²) in [6.07, 6.45) is 1.94. The number of rotatable bonds is 9. The zero-order valence-electron chi connectivity index (χ0n) is 16.4. The maximum absolute atomic E-state index is 10.6. The highest BCUT2D eigenvalue weighted by atomic mass is 16.5. The number of nitrogens with zero attached hydrogens (tertiary/aromatic N) is 1. The van der Waals surface area contributed by atoms with Gasteiger partial charge in [0.25, 0.3) is 0 Å². The summed E-state index contributed by atoms with van der Waals surface area (Å²) in [4.78, 5) is 2.30. The third-order valence-electron chi connectivity index (χ3n) is 5.13. The topological polar surface area (TPSA) is 41.9 Å². The molecule has 4 nitrogen and oxygen atoms in total. The largest absolute Gasteiger partial charge is 0.491 e. The van der Waals surface area contributed by atoms with Gasteiger partial charge in [0.15, 0.2) is 0 Å². The van der Waals surface area contributed by atoms with Gasteiger partial charge in [-0.3, -0.25) is 4.90 Å². The van der Waals surface area contributed by atoms with Crippen molar-refractivity contribution in [3.05, 3.63) is 65.2 Å². The lowest BCUT2D eigenvalue weighted by molar-refractivity contribution is 0.0312. The fourth-order valence-corrected chi connectivity index (χ4v) is 3.56. The Morgan fingerprint density at radius 3 is 2.56 bits per heavy atom. The van der Waals surface area contributed by atoms with E-state index in [1.165, 1.54) is 11.1 Å². The lowest BCUT2D eigenvalue weighted by Crippen LogP contribution is -2.39. The van der Waals surface area contributed by atoms with Crippen molar-refractivity contribution in [2.45, 2.75) is 45.4 Å². The molecule has 0 bridgehead atoms. The second-order valence-corrected chi connectivity index (χ2v) is 7.49. The van der Waals surface area contributed by atoms with E-state index in [0.29, 0.717) is 13.2 Å². The summed E-state index contributed by atoms with van der Waals surface area (Å²) >= 11 is 0. The van der Waals surface area contributed by atoms with Crippen LogP contribution >= 0.6 is 0 Å². The Kier molecular flexibility index (Phi) is 7.27. The molecule has 1 N–H and O–H groups in total. The minimum absolute atomic E-state index is 0.263. The summed E-state index contributed by atoms with van der Waals surface area (Å²) in [6, 6.07) is 16.3. The van der Waals surface area contributed by atoms with Gasteiger partial charge in [0.1, 0.15) is 18.5 Å². The molecule has 0 aliphatic carbocycles. The smallest absolute Gasteiger partial charge is 0.122 e. The predicted octanol–water partition coefficient (Wildman–Crippen LogP) is 3.72. The van der Waals surface area contributed by atoms with Gasteiger partial charge in [0.05, 0.1) is 6.10 Å². The van der Waals surface area contributed by atoms with Gasteiger partial charge in [0.2, 0.25) is 0 Å². The van der Waals surface area contributed by atoms with Crippen LogP contribution in [0.15, 0.2) is 48.5 Å². The SMILES string of the molecule is Cc1ccccc1CN(CC(O)COc1ccccc1C)CC1CCCO1. The molecule has 0 spiro atoms. The van der Waals surface area contributed by atoms with E-state index in [9.17, 15) is 5.11 Å². The predicted molar refractivity (Wildman–Crippen MR) is 108 cm³/mol. The van der Waals surface area contributed by atoms with E-state index in [0.717, 1.165) is 43.9 Å². The van der Waals surface area contributed by atoms with E-state index in [1.807, 2.05) is 31.2 Å². The van der Waals surface area contributed by atoms with Gasteiger partial charge >= 0.3 is 0 Å². The first-order valence-electron chi connectivity index (χ1n) is 9.87. The van der Waals surface area contributed by atoms with Gasteiger partial charge < -0.3 is 14.6 Å². The maximum atomic E-state index is 10.6. The van der Waals surface area contributed by atoms with Crippen LogP contribution in [0.2, 0.25) is 0 Å². The first kappa shape index (κ1) is 19.9. The van der Waals surface area contributed by atoms with Crippen LogP contribution in [0.25, 0.3) is 0 Å². The number of hydrogen-bond donors (Lipinski definition) is 1. The van der Waals surface area contributed by atoms with Crippen LogP contribution < -0.4 is 4.74 Å². The van der Waals surface area contributed by atoms with Crippen molar-refractivity contribution in [1.29, 1.82) is 0 Å². The van der Waals surface area contributed by atoms with Crippen LogP contribution in [-0.2, 0) is 11.3 Å². The Balaban J connectivity index is 1.59. The van der Waals surface area contributed by atoms with Crippen molar-refractivity contribution in [1.82, 2.24) is 4.90 Å². The molecule has 0 radical (unpaired) electrons. The van der Waals surface area contributed by atoms with Gasteiger partial charge in [-0.05, 0) is 49.4 Å². The lowest BCUT2D eigenvalue weighted by Gasteiger charge is -2.28. The molecule has 0 saturated carbocycles. The molecule has 2 aromatic rings. The number of aryl methyl sites for hydroxylation is 2. The van der Waals surface area contributed by atoms with Crippen LogP contribution in [0.5, 0.6) is 5.75 Å². The number of hydrogen-bond acceptors (Lipinski definition) is 4. The summed E-state index contributed by atoms with van der Waals surface area (Å²) in [6.45, 7) is 7.52. The fourth-order valence-electron chi connectivity index (χ4n) is 3.56. The van der Waals surface area contributed by atoms with Crippen LogP contribution in [0.4, 0.5) is 0 Å². The monoisotopic (exact) mass is 369 g/mol. The average molecular weight is 370 g/mol. The van der Waals surface area contributed by atoms with Gasteiger partial charge in [-0.25, -0.2) is 0 Å². The number of para-hydroxylation sites is 1. The fraction of sp³-hybridized carbons (Fsp3) is 0.478. The normalized spacial score (nSPS) is 18.0. The Morgan fingerprint density at radius 1 is 1.11 bits per heavy atom. The van der Waals surface area contributed by atoms with Crippen molar-refractivity contribution < 1.29 is 14.6 Å². The Bertz CT molecular complexity index is 712. The highest BCUT2D eigenvalue weighted by Crippen LogP contribution is 2.18. The molecule has 2 aromatic carbocycles. The molecule has 2 unspecified atom stereocenters. The molecule has 1 saturated heterocycles. The van der Waals surface area contributed by atoms with Gasteiger partial charge in [0, 0.05) is 26.2 Å². The maximum Gasteiger partial charge on any atom is 0.122 e. The molecule has 1 aliphatic rings. The number of benzene rings is 2. The van der Waals surface area contributed by atoms with Crippen molar-refractivity contribution in [3.63, 3.8) is 0 Å². The van der Waals surface area contributed by atoms with E-state index in [4.69, 9.17) is 9.47 Å². The van der Waals surface area contributed by atoms with Crippen molar-refractivity contribution in [2.75, 3.05) is 26.3 Å². The third-order valence-corrected chi connectivity index (χ3v) is 5.13. The minimum atomic E-state index is -0.546. The second kappa shape index (κ2) is 9.88. The molecule has 146 valence electrons. The molecule has 1 fully saturated rings. The van der Waals surface area contributed by atoms with E-state index in [1.54, 1.807) is 0 Å². The molecule has 2 atom stereocenters. The molecule has 0 amide bonds. The number of ether oxygens (including phenoxy) is 2. The van der Waals surface area contributed by atoms with Gasteiger partial charge in [-0.2, -0.15) is 0 Å². The van der Waals surface area contributed by atoms with E-state index < -0.39 is 6.10 Å². The average Bonchev–Trinajstić information content (AvgIpc) is 3.16. The van der Waals surface area contributed by atoms with E-state index in [2.05, 4.69) is 36.1 Å². The molecule has 3 rings (SSSR count). The van der Waals surface area contributed by atoms with Gasteiger partial charge in [-0.15, -0.1) is 0 Å². The zero-order valence-corrected chi connectivity index (χ0v) is 16.4. The number of aliphatic hydroxyl groups excluding tert-OH is 1. The first-order valence-corrected chi connectivity index (χ1v) is 9.87. The van der Waals surface area contributed by atoms with Crippen molar-refractivity contribution >= 4 is 0 Å². The molecule has 0 aromatic heterocycles. The lowest BCUT2D eigenvalue weighted by atomic mass is 10.1. The standard InChI is InChI=1S/C23H31NO3/c1-18-8-3-5-10-20(18)14-24(16-22-11-7-13-26-22)15-21(25)17-27-23-12-6-4-9-19(23)2/h3-6,8-10,12,21-22,25H,7,11,13-17H2,1-2H3. The Hall–Kier alpha value is -1.88. The molecule has 27 heavy (non-hydrogen) atoms. The van der Waals surface area contributed by atoms with Crippen molar-refractivity contribution in [3.8, 4) is 5.75 Å². The van der Waals surface area contributed by atoms with Crippen LogP contribution in [0.3, 0.4) is 0 Å². The van der Waals surface area contributed by atoms with Crippen molar-refractivity contribution in [2.24, 2.45) is 0 Å². The highest BCUT2D eigenvalue weighted by molar-refractivity contribution is 5.31. The Morgan fingerprint density at radius 2 is 1.85 bits per heavy atom. The highest BCUT2D eigenvalue weighted by Gasteiger charge is 2.22. The quantitative estimate of drug-likeness (QED) is 0.731. The zero-order chi connectivity index (χ0) is 19.1. The number of aliphatic hydroxyl groups is 1. The molecule has 1 heterocycles. The summed E-state index contributed by atoms with van der Waals surface area (Å²) in [7, 11) is 0. The molecule has 4 heteroatoms. The Labute approximate surface area is 162 Å². The van der Waals surface area contributed by atoms with E-state index >= 15 is 0 Å². The second-order valence-electron chi connectivity index (χ2n) is 7.49.